The van der Waals surface area contributed by atoms with Gasteiger partial charge >= 0.3 is 5.63 Å². The number of nitrogens with one attached hydrogen (secondary N) is 1. The summed E-state index contributed by atoms with van der Waals surface area (Å²) in [6.45, 7) is 8.71. The molecule has 4 aromatic rings. The summed E-state index contributed by atoms with van der Waals surface area (Å²) in [6.07, 6.45) is 2.27. The fraction of sp³-hybridized carbons (Fsp3) is 0.333. The molecule has 1 N–H and O–H groups in total. The van der Waals surface area contributed by atoms with E-state index in [0.717, 1.165) is 33.2 Å². The van der Waals surface area contributed by atoms with E-state index in [0.29, 0.717) is 29.7 Å². The van der Waals surface area contributed by atoms with Crippen molar-refractivity contribution in [1.29, 1.82) is 0 Å². The normalized spacial score (nSPS) is 11.8. The lowest BCUT2D eigenvalue weighted by atomic mass is 9.86. The Bertz CT molecular complexity index is 1390. The molecule has 0 spiro atoms. The number of ether oxygens (including phenoxy) is 1. The summed E-state index contributed by atoms with van der Waals surface area (Å²) in [7, 11) is 1.61. The van der Waals surface area contributed by atoms with E-state index < -0.39 is 5.63 Å². The van der Waals surface area contributed by atoms with E-state index in [1.54, 1.807) is 19.4 Å². The van der Waals surface area contributed by atoms with Crippen LogP contribution in [-0.2, 0) is 23.2 Å². The Balaban J connectivity index is 1.55. The minimum Gasteiger partial charge on any atom is -0.497 e. The summed E-state index contributed by atoms with van der Waals surface area (Å²) in [4.78, 5) is 25.1. The van der Waals surface area contributed by atoms with Gasteiger partial charge in [-0.2, -0.15) is 0 Å². The van der Waals surface area contributed by atoms with Gasteiger partial charge in [0.25, 0.3) is 0 Å². The Morgan fingerprint density at radius 3 is 2.61 bits per heavy atom. The van der Waals surface area contributed by atoms with E-state index in [1.165, 1.54) is 0 Å². The number of rotatable bonds is 6. The molecule has 0 bridgehead atoms. The van der Waals surface area contributed by atoms with Crippen molar-refractivity contribution >= 4 is 27.8 Å². The summed E-state index contributed by atoms with van der Waals surface area (Å²) < 4.78 is 16.5. The first-order chi connectivity index (χ1) is 15.7. The zero-order chi connectivity index (χ0) is 23.8. The van der Waals surface area contributed by atoms with Gasteiger partial charge in [0.05, 0.1) is 13.4 Å². The molecule has 1 amide bonds. The number of methoxy groups -OCH3 is 1. The SMILES string of the molecule is COc1cccc(CNC(=O)CCc2c(C)c3cc4c(C(C)(C)C)coc4cc3oc2=O)c1. The summed E-state index contributed by atoms with van der Waals surface area (Å²) in [5, 5.41) is 4.77. The second kappa shape index (κ2) is 8.77. The molecule has 172 valence electrons. The lowest BCUT2D eigenvalue weighted by molar-refractivity contribution is -0.121. The zero-order valence-electron chi connectivity index (χ0n) is 19.7. The number of aryl methyl sites for hydroxylation is 1. The maximum Gasteiger partial charge on any atom is 0.339 e. The number of furan rings is 1. The molecule has 2 aromatic carbocycles. The molecule has 0 saturated heterocycles. The molecular weight excluding hydrogens is 418 g/mol. The predicted molar refractivity (Wildman–Crippen MR) is 129 cm³/mol. The number of amides is 1. The third-order valence-corrected chi connectivity index (χ3v) is 6.02. The van der Waals surface area contributed by atoms with Crippen LogP contribution in [0.4, 0.5) is 0 Å². The summed E-state index contributed by atoms with van der Waals surface area (Å²) >= 11 is 0. The van der Waals surface area contributed by atoms with Crippen molar-refractivity contribution < 1.29 is 18.4 Å². The lowest BCUT2D eigenvalue weighted by Crippen LogP contribution is -2.24. The van der Waals surface area contributed by atoms with Gasteiger partial charge in [0.15, 0.2) is 0 Å². The Labute approximate surface area is 192 Å². The van der Waals surface area contributed by atoms with Crippen molar-refractivity contribution in [2.45, 2.75) is 52.5 Å². The minimum absolute atomic E-state index is 0.0772. The Morgan fingerprint density at radius 1 is 1.09 bits per heavy atom. The van der Waals surface area contributed by atoms with Crippen LogP contribution in [0.3, 0.4) is 0 Å². The van der Waals surface area contributed by atoms with E-state index in [2.05, 4.69) is 26.1 Å². The smallest absolute Gasteiger partial charge is 0.339 e. The van der Waals surface area contributed by atoms with E-state index in [-0.39, 0.29) is 17.7 Å². The van der Waals surface area contributed by atoms with Crippen LogP contribution in [0, 0.1) is 6.92 Å². The molecule has 6 nitrogen and oxygen atoms in total. The van der Waals surface area contributed by atoms with Crippen LogP contribution in [-0.4, -0.2) is 13.0 Å². The van der Waals surface area contributed by atoms with Crippen molar-refractivity contribution in [2.24, 2.45) is 0 Å². The topological polar surface area (TPSA) is 81.7 Å². The first-order valence-corrected chi connectivity index (χ1v) is 11.0. The highest BCUT2D eigenvalue weighted by Crippen LogP contribution is 2.35. The van der Waals surface area contributed by atoms with Crippen LogP contribution >= 0.6 is 0 Å². The van der Waals surface area contributed by atoms with E-state index in [9.17, 15) is 9.59 Å². The van der Waals surface area contributed by atoms with Gasteiger partial charge in [-0.25, -0.2) is 4.79 Å². The summed E-state index contributed by atoms with van der Waals surface area (Å²) in [5.74, 6) is 0.615. The summed E-state index contributed by atoms with van der Waals surface area (Å²) in [6, 6.07) is 11.3. The van der Waals surface area contributed by atoms with Crippen LogP contribution in [0.1, 0.15) is 49.4 Å². The molecule has 0 atom stereocenters. The third-order valence-electron chi connectivity index (χ3n) is 6.02. The second-order valence-electron chi connectivity index (χ2n) is 9.37. The fourth-order valence-corrected chi connectivity index (χ4v) is 4.09. The number of benzene rings is 2. The molecule has 6 heteroatoms. The zero-order valence-corrected chi connectivity index (χ0v) is 19.7. The fourth-order valence-electron chi connectivity index (χ4n) is 4.09. The van der Waals surface area contributed by atoms with Crippen molar-refractivity contribution in [3.63, 3.8) is 0 Å². The maximum atomic E-state index is 12.7. The highest BCUT2D eigenvalue weighted by atomic mass is 16.5. The van der Waals surface area contributed by atoms with Crippen LogP contribution in [0.5, 0.6) is 5.75 Å². The molecule has 2 aromatic heterocycles. The lowest BCUT2D eigenvalue weighted by Gasteiger charge is -2.16. The number of carbonyl (C=O) groups excluding carboxylic acids is 1. The second-order valence-corrected chi connectivity index (χ2v) is 9.37. The molecule has 0 aliphatic rings. The average Bonchev–Trinajstić information content (AvgIpc) is 3.20. The molecule has 0 saturated carbocycles. The van der Waals surface area contributed by atoms with Gasteiger partial charge in [-0.15, -0.1) is 0 Å². The van der Waals surface area contributed by atoms with Crippen LogP contribution in [0.25, 0.3) is 21.9 Å². The predicted octanol–water partition coefficient (Wildman–Crippen LogP) is 5.40. The Hall–Kier alpha value is -3.54. The molecule has 0 aliphatic heterocycles. The van der Waals surface area contributed by atoms with Gasteiger partial charge in [0, 0.05) is 40.9 Å². The monoisotopic (exact) mass is 447 g/mol. The third kappa shape index (κ3) is 4.65. The molecule has 33 heavy (non-hydrogen) atoms. The van der Waals surface area contributed by atoms with Gasteiger partial charge in [-0.3, -0.25) is 4.79 Å². The minimum atomic E-state index is -0.414. The molecule has 0 fully saturated rings. The molecule has 2 heterocycles. The number of hydrogen-bond donors (Lipinski definition) is 1. The number of fused-ring (bicyclic) bond motifs is 2. The van der Waals surface area contributed by atoms with Crippen molar-refractivity contribution in [3.8, 4) is 5.75 Å². The van der Waals surface area contributed by atoms with Crippen LogP contribution in [0.2, 0.25) is 0 Å². The van der Waals surface area contributed by atoms with Crippen LogP contribution in [0.15, 0.2) is 56.3 Å². The van der Waals surface area contributed by atoms with Gasteiger partial charge in [0.1, 0.15) is 16.9 Å². The first kappa shape index (κ1) is 22.6. The Morgan fingerprint density at radius 2 is 1.88 bits per heavy atom. The number of hydrogen-bond acceptors (Lipinski definition) is 5. The molecule has 0 unspecified atom stereocenters. The molecule has 0 aliphatic carbocycles. The van der Waals surface area contributed by atoms with E-state index in [4.69, 9.17) is 13.6 Å². The molecular formula is C27H29NO5. The molecule has 0 radical (unpaired) electrons. The van der Waals surface area contributed by atoms with Gasteiger partial charge in [-0.05, 0) is 48.1 Å². The van der Waals surface area contributed by atoms with Gasteiger partial charge in [-0.1, -0.05) is 32.9 Å². The van der Waals surface area contributed by atoms with E-state index in [1.807, 2.05) is 37.3 Å². The summed E-state index contributed by atoms with van der Waals surface area (Å²) in [5.41, 5.74) is 4.11. The van der Waals surface area contributed by atoms with Crippen molar-refractivity contribution in [3.05, 3.63) is 75.3 Å². The quantitative estimate of drug-likeness (QED) is 0.400. The average molecular weight is 448 g/mol. The van der Waals surface area contributed by atoms with Crippen molar-refractivity contribution in [1.82, 2.24) is 5.32 Å². The highest BCUT2D eigenvalue weighted by Gasteiger charge is 2.21. The van der Waals surface area contributed by atoms with Gasteiger partial charge in [0.2, 0.25) is 5.91 Å². The standard InChI is InChI=1S/C27H29NO5/c1-16-19(9-10-25(29)28-14-17-7-6-8-18(11-17)31-5)26(30)33-24-13-23-21(12-20(16)24)22(15-32-23)27(2,3)4/h6-8,11-13,15H,9-10,14H2,1-5H3,(H,28,29). The molecule has 4 rings (SSSR count). The van der Waals surface area contributed by atoms with Crippen molar-refractivity contribution in [2.75, 3.05) is 7.11 Å². The van der Waals surface area contributed by atoms with E-state index >= 15 is 0 Å². The number of carbonyl (C=O) groups is 1. The van der Waals surface area contributed by atoms with Crippen LogP contribution < -0.4 is 15.7 Å². The first-order valence-electron chi connectivity index (χ1n) is 11.0. The highest BCUT2D eigenvalue weighted by molar-refractivity contribution is 5.96. The maximum absolute atomic E-state index is 12.7. The van der Waals surface area contributed by atoms with Gasteiger partial charge < -0.3 is 18.9 Å². The Kier molecular flexibility index (Phi) is 6.02. The largest absolute Gasteiger partial charge is 0.497 e.